The molecule has 2 rings (SSSR count). The normalized spacial score (nSPS) is 44.1. The van der Waals surface area contributed by atoms with Crippen LogP contribution in [0.5, 0.6) is 0 Å². The van der Waals surface area contributed by atoms with E-state index in [1.54, 1.807) is 6.92 Å². The molecule has 0 aromatic rings. The van der Waals surface area contributed by atoms with Gasteiger partial charge in [-0.05, 0) is 6.92 Å². The largest absolute Gasteiger partial charge is 0.547 e. The van der Waals surface area contributed by atoms with Gasteiger partial charge < -0.3 is 54.6 Å². The van der Waals surface area contributed by atoms with Gasteiger partial charge in [0.1, 0.15) is 42.7 Å². The standard InChI is InChI=1S/C16H27NO11/c1-5-8(17-6(2)19)12(9(20)7(4-18)26-5)27-16-11(22)10(21)13(25-3)14(28-16)15(23)24/h5,7-14,16,18,20-22H,4H2,1-3H3,(H,17,19)(H,23,24)/p-1/t5-,7?,8?,9+,10?,11-,12+,13-,14?,16+/m0/s1. The van der Waals surface area contributed by atoms with Gasteiger partial charge in [-0.2, -0.15) is 0 Å². The molecule has 0 radical (unpaired) electrons. The number of aliphatic carboxylic acids is 1. The van der Waals surface area contributed by atoms with E-state index in [4.69, 9.17) is 18.9 Å². The fraction of sp³-hybridized carbons (Fsp3) is 0.875. The Kier molecular flexibility index (Phi) is 7.70. The van der Waals surface area contributed by atoms with Crippen molar-refractivity contribution in [1.29, 1.82) is 0 Å². The number of hydrogen-bond donors (Lipinski definition) is 5. The van der Waals surface area contributed by atoms with Gasteiger partial charge in [0, 0.05) is 14.0 Å². The molecule has 0 aromatic carbocycles. The molecule has 28 heavy (non-hydrogen) atoms. The molecule has 162 valence electrons. The van der Waals surface area contributed by atoms with Crippen molar-refractivity contribution >= 4 is 11.9 Å². The lowest BCUT2D eigenvalue weighted by atomic mass is 9.92. The van der Waals surface area contributed by atoms with E-state index < -0.39 is 79.6 Å². The molecule has 4 unspecified atom stereocenters. The number of carbonyl (C=O) groups is 2. The third-order valence-corrected chi connectivity index (χ3v) is 4.86. The molecule has 10 atom stereocenters. The summed E-state index contributed by atoms with van der Waals surface area (Å²) in [6, 6.07) is -0.912. The predicted octanol–water partition coefficient (Wildman–Crippen LogP) is -4.77. The maximum Gasteiger partial charge on any atom is 0.217 e. The Hall–Kier alpha value is -1.38. The number of ether oxygens (including phenoxy) is 4. The number of nitrogens with one attached hydrogen (secondary N) is 1. The Morgan fingerprint density at radius 1 is 1.11 bits per heavy atom. The lowest BCUT2D eigenvalue weighted by Gasteiger charge is -2.47. The Morgan fingerprint density at radius 2 is 1.75 bits per heavy atom. The van der Waals surface area contributed by atoms with Crippen LogP contribution in [-0.4, -0.2) is 107 Å². The smallest absolute Gasteiger partial charge is 0.217 e. The van der Waals surface area contributed by atoms with E-state index in [2.05, 4.69) is 5.32 Å². The lowest BCUT2D eigenvalue weighted by Crippen LogP contribution is -2.68. The van der Waals surface area contributed by atoms with E-state index in [9.17, 15) is 35.1 Å². The number of carboxylic acids is 1. The van der Waals surface area contributed by atoms with E-state index in [-0.39, 0.29) is 0 Å². The summed E-state index contributed by atoms with van der Waals surface area (Å²) in [4.78, 5) is 22.8. The highest BCUT2D eigenvalue weighted by Gasteiger charge is 2.51. The fourth-order valence-corrected chi connectivity index (χ4v) is 3.44. The second-order valence-electron chi connectivity index (χ2n) is 6.81. The van der Waals surface area contributed by atoms with Gasteiger partial charge in [0.25, 0.3) is 0 Å². The third kappa shape index (κ3) is 4.60. The summed E-state index contributed by atoms with van der Waals surface area (Å²) in [6.07, 6.45) is -12.7. The zero-order valence-electron chi connectivity index (χ0n) is 15.6. The van der Waals surface area contributed by atoms with Gasteiger partial charge in [0.2, 0.25) is 5.91 Å². The minimum Gasteiger partial charge on any atom is -0.547 e. The van der Waals surface area contributed by atoms with Crippen LogP contribution < -0.4 is 10.4 Å². The van der Waals surface area contributed by atoms with Crippen molar-refractivity contribution in [1.82, 2.24) is 5.32 Å². The van der Waals surface area contributed by atoms with Crippen molar-refractivity contribution in [3.8, 4) is 0 Å². The molecule has 0 saturated carbocycles. The SMILES string of the molecule is CO[C@@H]1C(C(=O)[O-])O[C@@H](O[C@@H]2C(NC(C)=O)[C@H](C)OC(CO)[C@H]2O)[C@@H](O)C1O. The van der Waals surface area contributed by atoms with Gasteiger partial charge >= 0.3 is 0 Å². The van der Waals surface area contributed by atoms with Crippen molar-refractivity contribution in [2.24, 2.45) is 0 Å². The summed E-state index contributed by atoms with van der Waals surface area (Å²) in [5.41, 5.74) is 0. The maximum atomic E-state index is 11.5. The number of aliphatic hydroxyl groups excluding tert-OH is 4. The van der Waals surface area contributed by atoms with Crippen molar-refractivity contribution in [3.63, 3.8) is 0 Å². The molecule has 0 aromatic heterocycles. The molecule has 2 aliphatic heterocycles. The summed E-state index contributed by atoms with van der Waals surface area (Å²) < 4.78 is 21.1. The summed E-state index contributed by atoms with van der Waals surface area (Å²) >= 11 is 0. The first-order valence-corrected chi connectivity index (χ1v) is 8.74. The fourth-order valence-electron chi connectivity index (χ4n) is 3.44. The number of methoxy groups -OCH3 is 1. The molecule has 2 saturated heterocycles. The van der Waals surface area contributed by atoms with Crippen molar-refractivity contribution in [2.45, 2.75) is 75.0 Å². The molecule has 2 aliphatic rings. The topological polar surface area (TPSA) is 187 Å². The molecule has 2 fully saturated rings. The van der Waals surface area contributed by atoms with E-state index in [0.29, 0.717) is 0 Å². The van der Waals surface area contributed by atoms with E-state index in [0.717, 1.165) is 7.11 Å². The van der Waals surface area contributed by atoms with Crippen LogP contribution in [0.2, 0.25) is 0 Å². The Balaban J connectivity index is 2.26. The van der Waals surface area contributed by atoms with Crippen LogP contribution in [0.25, 0.3) is 0 Å². The summed E-state index contributed by atoms with van der Waals surface area (Å²) in [7, 11) is 1.13. The highest BCUT2D eigenvalue weighted by Crippen LogP contribution is 2.29. The van der Waals surface area contributed by atoms with Gasteiger partial charge in [-0.15, -0.1) is 0 Å². The number of rotatable bonds is 6. The van der Waals surface area contributed by atoms with Gasteiger partial charge in [-0.3, -0.25) is 4.79 Å². The van der Waals surface area contributed by atoms with E-state index >= 15 is 0 Å². The Labute approximate surface area is 160 Å². The van der Waals surface area contributed by atoms with E-state index in [1.165, 1.54) is 6.92 Å². The van der Waals surface area contributed by atoms with Crippen LogP contribution in [0.4, 0.5) is 0 Å². The summed E-state index contributed by atoms with van der Waals surface area (Å²) in [5, 5.41) is 54.2. The van der Waals surface area contributed by atoms with Crippen LogP contribution in [0, 0.1) is 0 Å². The monoisotopic (exact) mass is 408 g/mol. The van der Waals surface area contributed by atoms with Crippen LogP contribution in [-0.2, 0) is 28.5 Å². The molecule has 12 nitrogen and oxygen atoms in total. The number of carbonyl (C=O) groups excluding carboxylic acids is 2. The molecule has 0 aliphatic carbocycles. The molecular formula is C16H26NO11-. The van der Waals surface area contributed by atoms with Gasteiger partial charge in [-0.25, -0.2) is 0 Å². The minimum atomic E-state index is -1.75. The van der Waals surface area contributed by atoms with Crippen molar-refractivity contribution in [2.75, 3.05) is 13.7 Å². The number of aliphatic hydroxyl groups is 4. The average molecular weight is 408 g/mol. The molecule has 5 N–H and O–H groups in total. The Bertz CT molecular complexity index is 561. The molecule has 0 spiro atoms. The Morgan fingerprint density at radius 3 is 2.25 bits per heavy atom. The maximum absolute atomic E-state index is 11.5. The number of carboxylic acid groups (broad SMARTS) is 1. The minimum absolute atomic E-state index is 0.457. The average Bonchev–Trinajstić information content (AvgIpc) is 2.63. The van der Waals surface area contributed by atoms with Gasteiger partial charge in [-0.1, -0.05) is 0 Å². The summed E-state index contributed by atoms with van der Waals surface area (Å²) in [6.45, 7) is 2.25. The lowest BCUT2D eigenvalue weighted by molar-refractivity contribution is -0.361. The molecular weight excluding hydrogens is 382 g/mol. The highest BCUT2D eigenvalue weighted by atomic mass is 16.7. The zero-order valence-corrected chi connectivity index (χ0v) is 15.6. The van der Waals surface area contributed by atoms with Gasteiger partial charge in [0.15, 0.2) is 6.29 Å². The second kappa shape index (κ2) is 9.41. The predicted molar refractivity (Wildman–Crippen MR) is 86.4 cm³/mol. The summed E-state index contributed by atoms with van der Waals surface area (Å²) in [5.74, 6) is -2.15. The van der Waals surface area contributed by atoms with Crippen molar-refractivity contribution in [3.05, 3.63) is 0 Å². The molecule has 2 heterocycles. The zero-order chi connectivity index (χ0) is 21.2. The number of hydrogen-bond acceptors (Lipinski definition) is 11. The van der Waals surface area contributed by atoms with Crippen LogP contribution in [0.3, 0.4) is 0 Å². The highest BCUT2D eigenvalue weighted by molar-refractivity contribution is 5.73. The van der Waals surface area contributed by atoms with Gasteiger partial charge in [0.05, 0.1) is 24.7 Å². The first-order chi connectivity index (χ1) is 13.1. The van der Waals surface area contributed by atoms with Crippen LogP contribution in [0.15, 0.2) is 0 Å². The number of amides is 1. The quantitative estimate of drug-likeness (QED) is 0.284. The molecule has 1 amide bonds. The second-order valence-corrected chi connectivity index (χ2v) is 6.81. The van der Waals surface area contributed by atoms with Crippen LogP contribution in [0.1, 0.15) is 13.8 Å². The molecule has 0 bridgehead atoms. The first kappa shape index (κ1) is 22.9. The first-order valence-electron chi connectivity index (χ1n) is 8.74. The van der Waals surface area contributed by atoms with Crippen molar-refractivity contribution < 1.29 is 54.1 Å². The third-order valence-electron chi connectivity index (χ3n) is 4.86. The van der Waals surface area contributed by atoms with Crippen LogP contribution >= 0.6 is 0 Å². The van der Waals surface area contributed by atoms with E-state index in [1.807, 2.05) is 0 Å². The molecule has 12 heteroatoms.